The van der Waals surface area contributed by atoms with Crippen molar-refractivity contribution in [2.24, 2.45) is 0 Å². The first-order chi connectivity index (χ1) is 16.6. The molecule has 34 heavy (non-hydrogen) atoms. The quantitative estimate of drug-likeness (QED) is 0.430. The number of nitrogens with zero attached hydrogens (tertiary/aromatic N) is 3. The maximum atomic E-state index is 7.30. The Balaban J connectivity index is 1.49. The second kappa shape index (κ2) is 9.48. The molecule has 1 fully saturated rings. The molecule has 1 aliphatic heterocycles. The zero-order valence-corrected chi connectivity index (χ0v) is 20.1. The van der Waals surface area contributed by atoms with Crippen LogP contribution in [-0.4, -0.2) is 43.4 Å². The van der Waals surface area contributed by atoms with Crippen LogP contribution in [0, 0.1) is 6.57 Å². The Hall–Kier alpha value is -3.36. The molecule has 5 nitrogen and oxygen atoms in total. The predicted octanol–water partition coefficient (Wildman–Crippen LogP) is 6.38. The summed E-state index contributed by atoms with van der Waals surface area (Å²) in [5.74, 6) is 0.851. The second-order valence-corrected chi connectivity index (χ2v) is 9.40. The molecule has 0 spiro atoms. The molecule has 5 heteroatoms. The molecule has 2 aliphatic rings. The van der Waals surface area contributed by atoms with E-state index in [4.69, 9.17) is 21.0 Å². The van der Waals surface area contributed by atoms with Gasteiger partial charge in [-0.15, -0.1) is 0 Å². The monoisotopic (exact) mass is 453 g/mol. The van der Waals surface area contributed by atoms with E-state index in [-0.39, 0.29) is 18.2 Å². The summed E-state index contributed by atoms with van der Waals surface area (Å²) in [5, 5.41) is 1.02. The fourth-order valence-corrected chi connectivity index (χ4v) is 5.31. The third-order valence-corrected chi connectivity index (χ3v) is 6.93. The van der Waals surface area contributed by atoms with E-state index in [0.29, 0.717) is 0 Å². The topological polar surface area (TPSA) is 39.0 Å². The average Bonchev–Trinajstić information content (AvgIpc) is 2.87. The van der Waals surface area contributed by atoms with Crippen LogP contribution < -0.4 is 9.64 Å². The highest BCUT2D eigenvalue weighted by Gasteiger charge is 2.23. The Morgan fingerprint density at radius 3 is 2.47 bits per heavy atom. The highest BCUT2D eigenvalue weighted by Crippen LogP contribution is 2.40. The highest BCUT2D eigenvalue weighted by atomic mass is 16.5. The van der Waals surface area contributed by atoms with Crippen LogP contribution in [0.25, 0.3) is 32.4 Å². The lowest BCUT2D eigenvalue weighted by Gasteiger charge is -2.36. The van der Waals surface area contributed by atoms with Gasteiger partial charge in [0.05, 0.1) is 24.8 Å². The second-order valence-electron chi connectivity index (χ2n) is 9.40. The van der Waals surface area contributed by atoms with Gasteiger partial charge in [0.2, 0.25) is 6.04 Å². The minimum absolute atomic E-state index is 0.111. The maximum Gasteiger partial charge on any atom is 0.227 e. The summed E-state index contributed by atoms with van der Waals surface area (Å²) < 4.78 is 11.8. The van der Waals surface area contributed by atoms with Gasteiger partial charge in [0, 0.05) is 54.3 Å². The first-order valence-electron chi connectivity index (χ1n) is 12.1. The summed E-state index contributed by atoms with van der Waals surface area (Å²) >= 11 is 0. The van der Waals surface area contributed by atoms with Gasteiger partial charge in [-0.05, 0) is 49.6 Å². The van der Waals surface area contributed by atoms with Crippen LogP contribution in [0.2, 0.25) is 0 Å². The van der Waals surface area contributed by atoms with E-state index < -0.39 is 0 Å². The van der Waals surface area contributed by atoms with Crippen LogP contribution in [0.15, 0.2) is 54.7 Å². The number of methoxy groups -OCH3 is 1. The van der Waals surface area contributed by atoms with Crippen molar-refractivity contribution in [1.82, 2.24) is 4.98 Å². The third kappa shape index (κ3) is 4.26. The van der Waals surface area contributed by atoms with Gasteiger partial charge in [0.15, 0.2) is 0 Å². The van der Waals surface area contributed by atoms with Crippen molar-refractivity contribution in [3.8, 4) is 16.9 Å². The summed E-state index contributed by atoms with van der Waals surface area (Å²) in [7, 11) is 1.73. The van der Waals surface area contributed by atoms with E-state index in [9.17, 15) is 0 Å². The van der Waals surface area contributed by atoms with Gasteiger partial charge in [0.25, 0.3) is 0 Å². The van der Waals surface area contributed by atoms with E-state index in [1.165, 1.54) is 11.3 Å². The summed E-state index contributed by atoms with van der Waals surface area (Å²) in [5.41, 5.74) is 6.69. The van der Waals surface area contributed by atoms with Crippen LogP contribution in [0.5, 0.6) is 5.75 Å². The SMILES string of the molecule is [C-]#[N+]C1CC=C(c2cccc3c(OC)c(-c4ccc(N5C[C@@H](C)O[C@@H](C)C5)cc4)cnc23)CC1. The molecule has 0 amide bonds. The zero-order chi connectivity index (χ0) is 23.7. The van der Waals surface area contributed by atoms with E-state index >= 15 is 0 Å². The minimum Gasteiger partial charge on any atom is -0.495 e. The summed E-state index contributed by atoms with van der Waals surface area (Å²) in [6.45, 7) is 13.4. The Kier molecular flexibility index (Phi) is 6.26. The normalized spacial score (nSPS) is 22.8. The average molecular weight is 454 g/mol. The lowest BCUT2D eigenvalue weighted by molar-refractivity contribution is -0.00521. The number of hydrogen-bond donors (Lipinski definition) is 0. The van der Waals surface area contributed by atoms with Crippen LogP contribution >= 0.6 is 0 Å². The smallest absolute Gasteiger partial charge is 0.227 e. The molecule has 2 heterocycles. The fourth-order valence-electron chi connectivity index (χ4n) is 5.31. The molecule has 174 valence electrons. The number of para-hydroxylation sites is 1. The molecule has 1 unspecified atom stereocenters. The number of hydrogen-bond acceptors (Lipinski definition) is 4. The minimum atomic E-state index is 0.111. The summed E-state index contributed by atoms with van der Waals surface area (Å²) in [6, 6.07) is 15.1. The van der Waals surface area contributed by atoms with Gasteiger partial charge in [0.1, 0.15) is 5.75 Å². The first kappa shape index (κ1) is 22.4. The zero-order valence-electron chi connectivity index (χ0n) is 20.1. The van der Waals surface area contributed by atoms with Crippen molar-refractivity contribution in [2.45, 2.75) is 51.4 Å². The Morgan fingerprint density at radius 2 is 1.82 bits per heavy atom. The van der Waals surface area contributed by atoms with Crippen molar-refractivity contribution < 1.29 is 9.47 Å². The van der Waals surface area contributed by atoms with Crippen LogP contribution in [0.3, 0.4) is 0 Å². The molecule has 0 saturated carbocycles. The number of benzene rings is 2. The highest BCUT2D eigenvalue weighted by molar-refractivity contribution is 5.98. The first-order valence-corrected chi connectivity index (χ1v) is 12.1. The van der Waals surface area contributed by atoms with Crippen molar-refractivity contribution in [3.05, 3.63) is 71.7 Å². The molecule has 1 aliphatic carbocycles. The number of anilines is 1. The molecular weight excluding hydrogens is 422 g/mol. The van der Waals surface area contributed by atoms with Gasteiger partial charge in [-0.3, -0.25) is 4.98 Å². The fraction of sp³-hybridized carbons (Fsp3) is 0.379. The molecule has 5 rings (SSSR count). The Labute approximate surface area is 201 Å². The standard InChI is InChI=1S/C29H31N3O2/c1-19-17-32(18-20(2)34-19)24-14-10-22(11-15-24)27-16-31-28-25(6-5-7-26(28)29(27)33-4)21-8-12-23(30-3)13-9-21/h5-8,10-11,14-16,19-20,23H,9,12-13,17-18H2,1-2,4H3/t19-,20+,23?. The number of fused-ring (bicyclic) bond motifs is 1. The van der Waals surface area contributed by atoms with Crippen molar-refractivity contribution in [1.29, 1.82) is 0 Å². The summed E-state index contributed by atoms with van der Waals surface area (Å²) in [4.78, 5) is 11.0. The van der Waals surface area contributed by atoms with Crippen LogP contribution in [0.4, 0.5) is 5.69 Å². The predicted molar refractivity (Wildman–Crippen MR) is 138 cm³/mol. The number of allylic oxidation sites excluding steroid dienone is 1. The molecule has 0 bridgehead atoms. The van der Waals surface area contributed by atoms with Crippen LogP contribution in [0.1, 0.15) is 38.7 Å². The maximum absolute atomic E-state index is 7.30. The number of aromatic nitrogens is 1. The van der Waals surface area contributed by atoms with Crippen molar-refractivity contribution in [2.75, 3.05) is 25.1 Å². The van der Waals surface area contributed by atoms with Gasteiger partial charge < -0.3 is 19.2 Å². The molecule has 1 saturated heterocycles. The Morgan fingerprint density at radius 1 is 1.06 bits per heavy atom. The van der Waals surface area contributed by atoms with E-state index in [1.807, 2.05) is 6.20 Å². The van der Waals surface area contributed by atoms with Crippen LogP contribution in [-0.2, 0) is 4.74 Å². The summed E-state index contributed by atoms with van der Waals surface area (Å²) in [6.07, 6.45) is 7.26. The van der Waals surface area contributed by atoms with Gasteiger partial charge >= 0.3 is 0 Å². The van der Waals surface area contributed by atoms with E-state index in [2.05, 4.69) is 72.1 Å². The van der Waals surface area contributed by atoms with Crippen molar-refractivity contribution >= 4 is 22.2 Å². The number of pyridine rings is 1. The number of ether oxygens (including phenoxy) is 2. The molecule has 2 aromatic carbocycles. The van der Waals surface area contributed by atoms with E-state index in [1.54, 1.807) is 7.11 Å². The molecule has 0 radical (unpaired) electrons. The Bertz CT molecular complexity index is 1250. The van der Waals surface area contributed by atoms with Gasteiger partial charge in [-0.25, -0.2) is 6.57 Å². The van der Waals surface area contributed by atoms with E-state index in [0.717, 1.165) is 65.7 Å². The molecular formula is C29H31N3O2. The number of morpholine rings is 1. The molecule has 1 aromatic heterocycles. The van der Waals surface area contributed by atoms with Gasteiger partial charge in [-0.2, -0.15) is 0 Å². The molecule has 3 aromatic rings. The molecule has 0 N–H and O–H groups in total. The molecule has 3 atom stereocenters. The third-order valence-electron chi connectivity index (χ3n) is 6.93. The lowest BCUT2D eigenvalue weighted by atomic mass is 9.89. The largest absolute Gasteiger partial charge is 0.495 e. The van der Waals surface area contributed by atoms with Crippen molar-refractivity contribution in [3.63, 3.8) is 0 Å². The number of rotatable bonds is 4. The lowest BCUT2D eigenvalue weighted by Crippen LogP contribution is -2.45. The van der Waals surface area contributed by atoms with Gasteiger partial charge in [-0.1, -0.05) is 30.3 Å².